The number of anilines is 1. The van der Waals surface area contributed by atoms with Crippen LogP contribution in [0.1, 0.15) is 72.6 Å². The monoisotopic (exact) mass is 468 g/mol. The average Bonchev–Trinajstić information content (AvgIpc) is 2.93. The van der Waals surface area contributed by atoms with Gasteiger partial charge in [0.1, 0.15) is 5.82 Å². The fraction of sp³-hybridized carbons (Fsp3) is 0.433. The summed E-state index contributed by atoms with van der Waals surface area (Å²) in [4.78, 5) is 27.9. The summed E-state index contributed by atoms with van der Waals surface area (Å²) in [6.07, 6.45) is 9.17. The maximum absolute atomic E-state index is 13.4. The summed E-state index contributed by atoms with van der Waals surface area (Å²) in [5, 5.41) is 0. The number of aryl methyl sites for hydroxylation is 1. The van der Waals surface area contributed by atoms with Crippen molar-refractivity contribution in [1.82, 2.24) is 14.9 Å². The molecule has 5 heteroatoms. The molecule has 0 radical (unpaired) electrons. The number of nitrogens with zero attached hydrogens (tertiary/aromatic N) is 4. The van der Waals surface area contributed by atoms with Gasteiger partial charge in [-0.2, -0.15) is 0 Å². The van der Waals surface area contributed by atoms with Gasteiger partial charge in [0.2, 0.25) is 0 Å². The quantitative estimate of drug-likeness (QED) is 0.395. The fourth-order valence-electron chi connectivity index (χ4n) is 5.23. The van der Waals surface area contributed by atoms with Crippen molar-refractivity contribution in [3.05, 3.63) is 77.0 Å². The minimum absolute atomic E-state index is 0.104. The van der Waals surface area contributed by atoms with E-state index in [9.17, 15) is 4.79 Å². The zero-order valence-corrected chi connectivity index (χ0v) is 20.9. The SMILES string of the molecule is CCCCCc1ccc(C(=O)N2CCc3nc(-c4ccccc4)nc(N4CCCCC4)c3C2)cc1. The van der Waals surface area contributed by atoms with E-state index in [0.717, 1.165) is 60.0 Å². The molecule has 1 amide bonds. The van der Waals surface area contributed by atoms with Gasteiger partial charge in [-0.1, -0.05) is 62.2 Å². The Morgan fingerprint density at radius 2 is 1.66 bits per heavy atom. The number of aromatic nitrogens is 2. The smallest absolute Gasteiger partial charge is 0.254 e. The van der Waals surface area contributed by atoms with Gasteiger partial charge in [0, 0.05) is 42.7 Å². The molecule has 3 aromatic rings. The third kappa shape index (κ3) is 5.39. The molecule has 2 aliphatic rings. The van der Waals surface area contributed by atoms with Crippen LogP contribution in [0.3, 0.4) is 0 Å². The Morgan fingerprint density at radius 1 is 0.886 bits per heavy atom. The summed E-state index contributed by atoms with van der Waals surface area (Å²) in [6, 6.07) is 18.5. The summed E-state index contributed by atoms with van der Waals surface area (Å²) in [6.45, 7) is 5.53. The number of hydrogen-bond donors (Lipinski definition) is 0. The second kappa shape index (κ2) is 11.0. The van der Waals surface area contributed by atoms with Gasteiger partial charge in [0.05, 0.1) is 12.2 Å². The van der Waals surface area contributed by atoms with Gasteiger partial charge in [-0.15, -0.1) is 0 Å². The Hall–Kier alpha value is -3.21. The minimum atomic E-state index is 0.104. The molecule has 5 rings (SSSR count). The van der Waals surface area contributed by atoms with Gasteiger partial charge in [-0.3, -0.25) is 4.79 Å². The van der Waals surface area contributed by atoms with Gasteiger partial charge in [-0.05, 0) is 49.8 Å². The summed E-state index contributed by atoms with van der Waals surface area (Å²) in [7, 11) is 0. The molecule has 182 valence electrons. The molecule has 0 aliphatic carbocycles. The zero-order chi connectivity index (χ0) is 24.0. The van der Waals surface area contributed by atoms with Crippen molar-refractivity contribution in [3.8, 4) is 11.4 Å². The predicted molar refractivity (Wildman–Crippen MR) is 142 cm³/mol. The number of fused-ring (bicyclic) bond motifs is 1. The number of unbranched alkanes of at least 4 members (excludes halogenated alkanes) is 2. The van der Waals surface area contributed by atoms with Crippen molar-refractivity contribution in [2.24, 2.45) is 0 Å². The number of carbonyl (C=O) groups excluding carboxylic acids is 1. The van der Waals surface area contributed by atoms with Gasteiger partial charge in [0.15, 0.2) is 5.82 Å². The second-order valence-electron chi connectivity index (χ2n) is 9.84. The molecule has 2 aromatic carbocycles. The molecule has 0 bridgehead atoms. The Bertz CT molecular complexity index is 1140. The molecule has 1 aromatic heterocycles. The Labute approximate surface area is 209 Å². The Kier molecular flexibility index (Phi) is 7.41. The number of piperidine rings is 1. The molecule has 0 N–H and O–H groups in total. The molecule has 0 atom stereocenters. The lowest BCUT2D eigenvalue weighted by atomic mass is 10.0. The largest absolute Gasteiger partial charge is 0.356 e. The average molecular weight is 469 g/mol. The van der Waals surface area contributed by atoms with Crippen LogP contribution in [0.2, 0.25) is 0 Å². The molecule has 0 unspecified atom stereocenters. The van der Waals surface area contributed by atoms with E-state index in [1.54, 1.807) is 0 Å². The van der Waals surface area contributed by atoms with Crippen molar-refractivity contribution >= 4 is 11.7 Å². The van der Waals surface area contributed by atoms with E-state index < -0.39 is 0 Å². The van der Waals surface area contributed by atoms with Gasteiger partial charge in [-0.25, -0.2) is 9.97 Å². The highest BCUT2D eigenvalue weighted by Gasteiger charge is 2.29. The predicted octanol–water partition coefficient (Wildman–Crippen LogP) is 6.07. The van der Waals surface area contributed by atoms with E-state index in [2.05, 4.69) is 36.1 Å². The maximum Gasteiger partial charge on any atom is 0.254 e. The van der Waals surface area contributed by atoms with Gasteiger partial charge in [0.25, 0.3) is 5.91 Å². The van der Waals surface area contributed by atoms with Crippen LogP contribution in [0.15, 0.2) is 54.6 Å². The highest BCUT2D eigenvalue weighted by molar-refractivity contribution is 5.94. The number of rotatable bonds is 7. The zero-order valence-electron chi connectivity index (χ0n) is 20.9. The first-order valence-electron chi connectivity index (χ1n) is 13.3. The number of benzene rings is 2. The second-order valence-corrected chi connectivity index (χ2v) is 9.84. The number of amides is 1. The van der Waals surface area contributed by atoms with Crippen LogP contribution in [-0.2, 0) is 19.4 Å². The molecule has 0 saturated carbocycles. The van der Waals surface area contributed by atoms with Crippen LogP contribution in [0, 0.1) is 0 Å². The van der Waals surface area contributed by atoms with Gasteiger partial charge >= 0.3 is 0 Å². The van der Waals surface area contributed by atoms with Crippen molar-refractivity contribution in [3.63, 3.8) is 0 Å². The van der Waals surface area contributed by atoms with Crippen molar-refractivity contribution in [2.75, 3.05) is 24.5 Å². The molecule has 2 aliphatic heterocycles. The highest BCUT2D eigenvalue weighted by atomic mass is 16.2. The number of carbonyl (C=O) groups is 1. The number of hydrogen-bond acceptors (Lipinski definition) is 4. The standard InChI is InChI=1S/C30H36N4O/c1-2-3-6-11-23-14-16-25(17-15-23)30(35)34-21-18-27-26(22-34)29(33-19-9-5-10-20-33)32-28(31-27)24-12-7-4-8-13-24/h4,7-8,12-17H,2-3,5-6,9-11,18-22H2,1H3. The van der Waals surface area contributed by atoms with E-state index in [-0.39, 0.29) is 5.91 Å². The first kappa shape index (κ1) is 23.5. The van der Waals surface area contributed by atoms with Crippen LogP contribution >= 0.6 is 0 Å². The van der Waals surface area contributed by atoms with Crippen molar-refractivity contribution in [1.29, 1.82) is 0 Å². The molecule has 35 heavy (non-hydrogen) atoms. The topological polar surface area (TPSA) is 49.3 Å². The maximum atomic E-state index is 13.4. The summed E-state index contributed by atoms with van der Waals surface area (Å²) >= 11 is 0. The molecular weight excluding hydrogens is 432 g/mol. The van der Waals surface area contributed by atoms with E-state index in [1.165, 1.54) is 44.1 Å². The van der Waals surface area contributed by atoms with Crippen LogP contribution in [0.4, 0.5) is 5.82 Å². The van der Waals surface area contributed by atoms with E-state index >= 15 is 0 Å². The summed E-state index contributed by atoms with van der Waals surface area (Å²) < 4.78 is 0. The minimum Gasteiger partial charge on any atom is -0.356 e. The third-order valence-electron chi connectivity index (χ3n) is 7.28. The summed E-state index contributed by atoms with van der Waals surface area (Å²) in [5.41, 5.74) is 5.35. The molecule has 1 fully saturated rings. The van der Waals surface area contributed by atoms with E-state index in [4.69, 9.17) is 9.97 Å². The van der Waals surface area contributed by atoms with E-state index in [1.807, 2.05) is 35.2 Å². The molecular formula is C30H36N4O. The lowest BCUT2D eigenvalue weighted by Gasteiger charge is -2.34. The third-order valence-corrected chi connectivity index (χ3v) is 7.28. The van der Waals surface area contributed by atoms with E-state index in [0.29, 0.717) is 13.1 Å². The first-order chi connectivity index (χ1) is 17.2. The van der Waals surface area contributed by atoms with Crippen molar-refractivity contribution in [2.45, 2.75) is 64.8 Å². The lowest BCUT2D eigenvalue weighted by molar-refractivity contribution is 0.0733. The highest BCUT2D eigenvalue weighted by Crippen LogP contribution is 2.31. The van der Waals surface area contributed by atoms with Crippen molar-refractivity contribution < 1.29 is 4.79 Å². The molecule has 5 nitrogen and oxygen atoms in total. The summed E-state index contributed by atoms with van der Waals surface area (Å²) in [5.74, 6) is 1.92. The lowest BCUT2D eigenvalue weighted by Crippen LogP contribution is -2.39. The van der Waals surface area contributed by atoms with Crippen LogP contribution in [0.25, 0.3) is 11.4 Å². The van der Waals surface area contributed by atoms with Crippen LogP contribution < -0.4 is 4.90 Å². The molecule has 1 saturated heterocycles. The fourth-order valence-corrected chi connectivity index (χ4v) is 5.23. The Balaban J connectivity index is 1.39. The molecule has 0 spiro atoms. The Morgan fingerprint density at radius 3 is 2.40 bits per heavy atom. The molecule has 3 heterocycles. The normalized spacial score (nSPS) is 15.7. The van der Waals surface area contributed by atoms with Crippen LogP contribution in [0.5, 0.6) is 0 Å². The van der Waals surface area contributed by atoms with Crippen LogP contribution in [-0.4, -0.2) is 40.4 Å². The van der Waals surface area contributed by atoms with Gasteiger partial charge < -0.3 is 9.80 Å². The first-order valence-corrected chi connectivity index (χ1v) is 13.3.